The number of ether oxygens (including phenoxy) is 2. The maximum absolute atomic E-state index is 13.7. The first-order valence-electron chi connectivity index (χ1n) is 6.36. The summed E-state index contributed by atoms with van der Waals surface area (Å²) in [5, 5.41) is 0. The molecule has 17 heavy (non-hydrogen) atoms. The molecule has 0 radical (unpaired) electrons. The molecule has 1 aromatic rings. The number of rotatable bonds is 4. The molecule has 1 aliphatic heterocycles. The Labute approximate surface area is 102 Å². The first-order chi connectivity index (χ1) is 8.29. The Kier molecular flexibility index (Phi) is 4.37. The molecule has 0 aliphatic carbocycles. The number of hydrogen-bond acceptors (Lipinski definition) is 2. The van der Waals surface area contributed by atoms with Gasteiger partial charge in [0, 0.05) is 6.42 Å². The third-order valence-corrected chi connectivity index (χ3v) is 2.93. The van der Waals surface area contributed by atoms with Gasteiger partial charge in [-0.15, -0.1) is 0 Å². The van der Waals surface area contributed by atoms with Gasteiger partial charge in [-0.2, -0.15) is 0 Å². The van der Waals surface area contributed by atoms with Crippen molar-refractivity contribution in [2.24, 2.45) is 0 Å². The first-order valence-corrected chi connectivity index (χ1v) is 6.36. The zero-order valence-electron chi connectivity index (χ0n) is 10.2. The van der Waals surface area contributed by atoms with E-state index >= 15 is 0 Å². The lowest BCUT2D eigenvalue weighted by Gasteiger charge is -2.23. The fourth-order valence-corrected chi connectivity index (χ4v) is 2.03. The molecule has 2 rings (SSSR count). The third kappa shape index (κ3) is 3.43. The van der Waals surface area contributed by atoms with Gasteiger partial charge in [0.2, 0.25) is 0 Å². The van der Waals surface area contributed by atoms with E-state index in [1.165, 1.54) is 0 Å². The van der Waals surface area contributed by atoms with E-state index in [1.54, 1.807) is 12.1 Å². The normalized spacial score (nSPS) is 20.2. The maximum Gasteiger partial charge on any atom is 0.199 e. The second kappa shape index (κ2) is 6.01. The molecule has 1 saturated heterocycles. The Bertz CT molecular complexity index is 359. The highest BCUT2D eigenvalue weighted by Crippen LogP contribution is 2.23. The van der Waals surface area contributed by atoms with Crippen molar-refractivity contribution in [3.05, 3.63) is 29.6 Å². The largest absolute Gasteiger partial charge is 0.462 e. The molecule has 2 nitrogen and oxygen atoms in total. The van der Waals surface area contributed by atoms with E-state index in [0.717, 1.165) is 37.7 Å². The van der Waals surface area contributed by atoms with Crippen LogP contribution in [0.4, 0.5) is 4.39 Å². The van der Waals surface area contributed by atoms with Gasteiger partial charge in [0.15, 0.2) is 17.9 Å². The minimum absolute atomic E-state index is 0.282. The third-order valence-electron chi connectivity index (χ3n) is 2.93. The van der Waals surface area contributed by atoms with Crippen LogP contribution in [0.1, 0.15) is 38.2 Å². The number of hydrogen-bond donors (Lipinski definition) is 0. The van der Waals surface area contributed by atoms with E-state index in [0.29, 0.717) is 12.4 Å². The minimum Gasteiger partial charge on any atom is -0.462 e. The lowest BCUT2D eigenvalue weighted by molar-refractivity contribution is -0.107. The van der Waals surface area contributed by atoms with Crippen molar-refractivity contribution in [1.82, 2.24) is 0 Å². The molecule has 1 heterocycles. The topological polar surface area (TPSA) is 18.5 Å². The summed E-state index contributed by atoms with van der Waals surface area (Å²) in [6.45, 7) is 2.79. The van der Waals surface area contributed by atoms with Crippen LogP contribution >= 0.6 is 0 Å². The van der Waals surface area contributed by atoms with Crippen LogP contribution < -0.4 is 4.74 Å². The first kappa shape index (κ1) is 12.4. The average Bonchev–Trinajstić information content (AvgIpc) is 2.34. The Morgan fingerprint density at radius 3 is 2.94 bits per heavy atom. The summed E-state index contributed by atoms with van der Waals surface area (Å²) < 4.78 is 24.7. The quantitative estimate of drug-likeness (QED) is 0.796. The van der Waals surface area contributed by atoms with E-state index in [9.17, 15) is 4.39 Å². The van der Waals surface area contributed by atoms with Gasteiger partial charge < -0.3 is 9.47 Å². The predicted molar refractivity (Wildman–Crippen MR) is 64.6 cm³/mol. The zero-order chi connectivity index (χ0) is 12.1. The van der Waals surface area contributed by atoms with Crippen molar-refractivity contribution in [2.75, 3.05) is 6.61 Å². The second-order valence-electron chi connectivity index (χ2n) is 4.43. The second-order valence-corrected chi connectivity index (χ2v) is 4.43. The summed E-state index contributed by atoms with van der Waals surface area (Å²) in [7, 11) is 0. The standard InChI is InChI=1S/C14H19FO2/c1-2-5-11-7-8-13(12(15)10-11)17-14-6-3-4-9-16-14/h7-8,10,14H,2-6,9H2,1H3. The highest BCUT2D eigenvalue weighted by molar-refractivity contribution is 5.29. The Morgan fingerprint density at radius 2 is 2.29 bits per heavy atom. The summed E-state index contributed by atoms with van der Waals surface area (Å²) in [5.41, 5.74) is 1.02. The summed E-state index contributed by atoms with van der Waals surface area (Å²) >= 11 is 0. The van der Waals surface area contributed by atoms with Gasteiger partial charge in [0.25, 0.3) is 0 Å². The Balaban J connectivity index is 2.00. The molecule has 0 amide bonds. The Hall–Kier alpha value is -1.09. The van der Waals surface area contributed by atoms with Crippen molar-refractivity contribution in [1.29, 1.82) is 0 Å². The van der Waals surface area contributed by atoms with Gasteiger partial charge >= 0.3 is 0 Å². The van der Waals surface area contributed by atoms with E-state index < -0.39 is 0 Å². The van der Waals surface area contributed by atoms with Crippen LogP contribution in [-0.4, -0.2) is 12.9 Å². The molecule has 0 saturated carbocycles. The Morgan fingerprint density at radius 1 is 1.41 bits per heavy atom. The number of halogens is 1. The van der Waals surface area contributed by atoms with Gasteiger partial charge in [0.1, 0.15) is 0 Å². The van der Waals surface area contributed by atoms with Crippen molar-refractivity contribution >= 4 is 0 Å². The van der Waals surface area contributed by atoms with Crippen LogP contribution in [-0.2, 0) is 11.2 Å². The van der Waals surface area contributed by atoms with Gasteiger partial charge in [-0.1, -0.05) is 19.4 Å². The predicted octanol–water partition coefficient (Wildman–Crippen LogP) is 3.68. The minimum atomic E-state index is -0.287. The monoisotopic (exact) mass is 238 g/mol. The molecule has 0 N–H and O–H groups in total. The van der Waals surface area contributed by atoms with Crippen molar-refractivity contribution < 1.29 is 13.9 Å². The fourth-order valence-electron chi connectivity index (χ4n) is 2.03. The van der Waals surface area contributed by atoms with Crippen molar-refractivity contribution in [3.63, 3.8) is 0 Å². The van der Waals surface area contributed by atoms with Crippen LogP contribution in [0.15, 0.2) is 18.2 Å². The molecule has 0 spiro atoms. The molecule has 1 aliphatic rings. The van der Waals surface area contributed by atoms with Crippen LogP contribution in [0, 0.1) is 5.82 Å². The molecule has 94 valence electrons. The average molecular weight is 238 g/mol. The van der Waals surface area contributed by atoms with Gasteiger partial charge in [0.05, 0.1) is 6.61 Å². The number of benzene rings is 1. The molecular formula is C14H19FO2. The molecule has 1 unspecified atom stereocenters. The highest BCUT2D eigenvalue weighted by atomic mass is 19.1. The van der Waals surface area contributed by atoms with Crippen LogP contribution in [0.2, 0.25) is 0 Å². The molecule has 1 aromatic carbocycles. The van der Waals surface area contributed by atoms with E-state index in [1.807, 2.05) is 6.07 Å². The van der Waals surface area contributed by atoms with Gasteiger partial charge in [-0.3, -0.25) is 0 Å². The lowest BCUT2D eigenvalue weighted by Crippen LogP contribution is -2.25. The van der Waals surface area contributed by atoms with Crippen LogP contribution in [0.5, 0.6) is 5.75 Å². The molecule has 3 heteroatoms. The summed E-state index contributed by atoms with van der Waals surface area (Å²) in [4.78, 5) is 0. The maximum atomic E-state index is 13.7. The number of aryl methyl sites for hydroxylation is 1. The van der Waals surface area contributed by atoms with Gasteiger partial charge in [-0.05, 0) is 37.0 Å². The smallest absolute Gasteiger partial charge is 0.199 e. The summed E-state index contributed by atoms with van der Waals surface area (Å²) in [6.07, 6.45) is 4.63. The van der Waals surface area contributed by atoms with E-state index in [-0.39, 0.29) is 12.1 Å². The lowest BCUT2D eigenvalue weighted by atomic mass is 10.1. The molecule has 0 aromatic heterocycles. The zero-order valence-corrected chi connectivity index (χ0v) is 10.2. The van der Waals surface area contributed by atoms with Crippen LogP contribution in [0.25, 0.3) is 0 Å². The van der Waals surface area contributed by atoms with E-state index in [2.05, 4.69) is 6.92 Å². The highest BCUT2D eigenvalue weighted by Gasteiger charge is 2.17. The van der Waals surface area contributed by atoms with E-state index in [4.69, 9.17) is 9.47 Å². The summed E-state index contributed by atoms with van der Waals surface area (Å²) in [5.74, 6) is 0.0156. The molecule has 0 bridgehead atoms. The molecular weight excluding hydrogens is 219 g/mol. The molecule has 1 atom stereocenters. The van der Waals surface area contributed by atoms with Gasteiger partial charge in [-0.25, -0.2) is 4.39 Å². The van der Waals surface area contributed by atoms with Crippen molar-refractivity contribution in [2.45, 2.75) is 45.3 Å². The molecule has 1 fully saturated rings. The SMILES string of the molecule is CCCc1ccc(OC2CCCCO2)c(F)c1. The summed E-state index contributed by atoms with van der Waals surface area (Å²) in [6, 6.07) is 5.19. The fraction of sp³-hybridized carbons (Fsp3) is 0.571. The van der Waals surface area contributed by atoms with Crippen LogP contribution in [0.3, 0.4) is 0 Å². The van der Waals surface area contributed by atoms with Crippen molar-refractivity contribution in [3.8, 4) is 5.75 Å².